The molecule has 1 rings (SSSR count). The van der Waals surface area contributed by atoms with E-state index in [0.29, 0.717) is 13.0 Å². The highest BCUT2D eigenvalue weighted by Gasteiger charge is 2.08. The minimum atomic E-state index is 0.0580. The number of carbonyl (C=O) groups excluding carboxylic acids is 1. The van der Waals surface area contributed by atoms with Crippen LogP contribution in [0.1, 0.15) is 19.0 Å². The molecule has 0 fully saturated rings. The number of carbonyl (C=O) groups is 1. The van der Waals surface area contributed by atoms with Crippen molar-refractivity contribution in [2.75, 3.05) is 19.0 Å². The topological polar surface area (TPSA) is 50.2 Å². The number of hydrogen-bond acceptors (Lipinski definition) is 3. The van der Waals surface area contributed by atoms with E-state index < -0.39 is 0 Å². The Kier molecular flexibility index (Phi) is 3.71. The molecular formula is C10H18N4O. The summed E-state index contributed by atoms with van der Waals surface area (Å²) in [5.74, 6) is 0.943. The lowest BCUT2D eigenvalue weighted by molar-refractivity contribution is -0.120. The predicted molar refractivity (Wildman–Crippen MR) is 59.7 cm³/mol. The van der Waals surface area contributed by atoms with Crippen molar-refractivity contribution in [3.63, 3.8) is 0 Å². The highest BCUT2D eigenvalue weighted by Crippen LogP contribution is 2.10. The van der Waals surface area contributed by atoms with Crippen molar-refractivity contribution in [2.45, 2.75) is 19.9 Å². The molecule has 1 aromatic heterocycles. The maximum absolute atomic E-state index is 11.1. The van der Waals surface area contributed by atoms with E-state index in [1.165, 1.54) is 0 Å². The molecule has 5 nitrogen and oxygen atoms in total. The third-order valence-electron chi connectivity index (χ3n) is 2.25. The van der Waals surface area contributed by atoms with Crippen LogP contribution in [0.25, 0.3) is 0 Å². The van der Waals surface area contributed by atoms with Crippen molar-refractivity contribution in [1.82, 2.24) is 14.9 Å². The number of amides is 1. The summed E-state index contributed by atoms with van der Waals surface area (Å²) in [4.78, 5) is 17.3. The SMILES string of the molecule is CCC(=O)NCc1cnc(N(C)C)n1C. The van der Waals surface area contributed by atoms with Gasteiger partial charge in [0.05, 0.1) is 18.4 Å². The van der Waals surface area contributed by atoms with Gasteiger partial charge in [-0.1, -0.05) is 6.92 Å². The maximum Gasteiger partial charge on any atom is 0.220 e. The smallest absolute Gasteiger partial charge is 0.220 e. The minimum absolute atomic E-state index is 0.0580. The first-order valence-corrected chi connectivity index (χ1v) is 5.00. The number of aromatic nitrogens is 2. The second-order valence-electron chi connectivity index (χ2n) is 3.63. The van der Waals surface area contributed by atoms with Crippen LogP contribution in [0, 0.1) is 0 Å². The van der Waals surface area contributed by atoms with Crippen LogP contribution in [0.5, 0.6) is 0 Å². The summed E-state index contributed by atoms with van der Waals surface area (Å²) >= 11 is 0. The van der Waals surface area contributed by atoms with Crippen molar-refractivity contribution in [3.05, 3.63) is 11.9 Å². The molecule has 0 bridgehead atoms. The zero-order valence-corrected chi connectivity index (χ0v) is 9.74. The van der Waals surface area contributed by atoms with Gasteiger partial charge in [0, 0.05) is 27.6 Å². The summed E-state index contributed by atoms with van der Waals surface area (Å²) in [6.45, 7) is 2.37. The summed E-state index contributed by atoms with van der Waals surface area (Å²) in [5.41, 5.74) is 1.00. The Morgan fingerprint density at radius 3 is 2.73 bits per heavy atom. The molecule has 1 aromatic rings. The number of nitrogens with one attached hydrogen (secondary N) is 1. The number of nitrogens with zero attached hydrogens (tertiary/aromatic N) is 3. The average Bonchev–Trinajstić information content (AvgIpc) is 2.56. The van der Waals surface area contributed by atoms with Gasteiger partial charge in [-0.15, -0.1) is 0 Å². The molecular weight excluding hydrogens is 192 g/mol. The lowest BCUT2D eigenvalue weighted by atomic mass is 10.4. The molecule has 0 radical (unpaired) electrons. The Labute approximate surface area is 90.1 Å². The van der Waals surface area contributed by atoms with E-state index in [4.69, 9.17) is 0 Å². The third kappa shape index (κ3) is 2.71. The van der Waals surface area contributed by atoms with E-state index in [1.807, 2.05) is 37.5 Å². The van der Waals surface area contributed by atoms with Crippen LogP contribution in [-0.2, 0) is 18.4 Å². The monoisotopic (exact) mass is 210 g/mol. The second-order valence-corrected chi connectivity index (χ2v) is 3.63. The van der Waals surface area contributed by atoms with Crippen molar-refractivity contribution in [1.29, 1.82) is 0 Å². The van der Waals surface area contributed by atoms with Crippen LogP contribution in [0.3, 0.4) is 0 Å². The van der Waals surface area contributed by atoms with Crippen LogP contribution in [-0.4, -0.2) is 29.6 Å². The van der Waals surface area contributed by atoms with Crippen molar-refractivity contribution in [3.8, 4) is 0 Å². The van der Waals surface area contributed by atoms with Gasteiger partial charge in [0.25, 0.3) is 0 Å². The Morgan fingerprint density at radius 2 is 2.27 bits per heavy atom. The van der Waals surface area contributed by atoms with Gasteiger partial charge in [0.2, 0.25) is 11.9 Å². The van der Waals surface area contributed by atoms with Crippen molar-refractivity contribution in [2.24, 2.45) is 7.05 Å². The lowest BCUT2D eigenvalue weighted by Gasteiger charge is -2.12. The van der Waals surface area contributed by atoms with Crippen LogP contribution in [0.4, 0.5) is 5.95 Å². The zero-order chi connectivity index (χ0) is 11.4. The molecule has 0 aliphatic carbocycles. The predicted octanol–water partition coefficient (Wildman–Crippen LogP) is 0.512. The van der Waals surface area contributed by atoms with Gasteiger partial charge in [0.15, 0.2) is 0 Å². The van der Waals surface area contributed by atoms with E-state index in [9.17, 15) is 4.79 Å². The molecule has 15 heavy (non-hydrogen) atoms. The van der Waals surface area contributed by atoms with Crippen LogP contribution in [0.15, 0.2) is 6.20 Å². The lowest BCUT2D eigenvalue weighted by Crippen LogP contribution is -2.23. The van der Waals surface area contributed by atoms with Crippen molar-refractivity contribution >= 4 is 11.9 Å². The second kappa shape index (κ2) is 4.82. The normalized spacial score (nSPS) is 10.1. The van der Waals surface area contributed by atoms with Gasteiger partial charge in [-0.2, -0.15) is 0 Å². The molecule has 0 spiro atoms. The fourth-order valence-corrected chi connectivity index (χ4v) is 1.33. The molecule has 1 N–H and O–H groups in total. The summed E-state index contributed by atoms with van der Waals surface area (Å²) < 4.78 is 1.97. The number of hydrogen-bond donors (Lipinski definition) is 1. The Bertz CT molecular complexity index is 343. The van der Waals surface area contributed by atoms with Gasteiger partial charge < -0.3 is 14.8 Å². The zero-order valence-electron chi connectivity index (χ0n) is 9.74. The van der Waals surface area contributed by atoms with Gasteiger partial charge in [0.1, 0.15) is 0 Å². The molecule has 5 heteroatoms. The summed E-state index contributed by atoms with van der Waals surface area (Å²) in [6, 6.07) is 0. The van der Waals surface area contributed by atoms with Gasteiger partial charge >= 0.3 is 0 Å². The van der Waals surface area contributed by atoms with E-state index in [-0.39, 0.29) is 5.91 Å². The van der Waals surface area contributed by atoms with Gasteiger partial charge in [-0.25, -0.2) is 4.98 Å². The Balaban J connectivity index is 2.67. The van der Waals surface area contributed by atoms with Crippen LogP contribution < -0.4 is 10.2 Å². The number of imidazole rings is 1. The van der Waals surface area contributed by atoms with E-state index >= 15 is 0 Å². The highest BCUT2D eigenvalue weighted by molar-refractivity contribution is 5.75. The molecule has 0 aliphatic rings. The fourth-order valence-electron chi connectivity index (χ4n) is 1.33. The first kappa shape index (κ1) is 11.6. The molecule has 0 unspecified atom stereocenters. The fraction of sp³-hybridized carbons (Fsp3) is 0.600. The van der Waals surface area contributed by atoms with Gasteiger partial charge in [-0.3, -0.25) is 4.79 Å². The first-order valence-electron chi connectivity index (χ1n) is 5.00. The molecule has 0 saturated carbocycles. The average molecular weight is 210 g/mol. The Morgan fingerprint density at radius 1 is 1.60 bits per heavy atom. The molecule has 0 aromatic carbocycles. The summed E-state index contributed by atoms with van der Waals surface area (Å²) in [7, 11) is 5.82. The van der Waals surface area contributed by atoms with E-state index in [1.54, 1.807) is 6.20 Å². The van der Waals surface area contributed by atoms with Gasteiger partial charge in [-0.05, 0) is 0 Å². The molecule has 84 valence electrons. The van der Waals surface area contributed by atoms with Crippen LogP contribution >= 0.6 is 0 Å². The molecule has 1 heterocycles. The van der Waals surface area contributed by atoms with Crippen molar-refractivity contribution < 1.29 is 4.79 Å². The molecule has 0 saturated heterocycles. The van der Waals surface area contributed by atoms with E-state index in [0.717, 1.165) is 11.6 Å². The molecule has 1 amide bonds. The maximum atomic E-state index is 11.1. The third-order valence-corrected chi connectivity index (χ3v) is 2.25. The largest absolute Gasteiger partial charge is 0.350 e. The molecule has 0 atom stereocenters. The minimum Gasteiger partial charge on any atom is -0.350 e. The number of anilines is 1. The standard InChI is InChI=1S/C10H18N4O/c1-5-9(15)11-6-8-7-12-10(13(2)3)14(8)4/h7H,5-6H2,1-4H3,(H,11,15). The quantitative estimate of drug-likeness (QED) is 0.788. The number of rotatable bonds is 4. The molecule has 0 aliphatic heterocycles. The first-order chi connectivity index (χ1) is 7.06. The van der Waals surface area contributed by atoms with E-state index in [2.05, 4.69) is 10.3 Å². The summed E-state index contributed by atoms with van der Waals surface area (Å²) in [5, 5.41) is 2.82. The Hall–Kier alpha value is -1.52. The van der Waals surface area contributed by atoms with Crippen LogP contribution in [0.2, 0.25) is 0 Å². The highest BCUT2D eigenvalue weighted by atomic mass is 16.1. The summed E-state index contributed by atoms with van der Waals surface area (Å²) in [6.07, 6.45) is 2.30.